The average molecular weight is 159 g/mol. The van der Waals surface area contributed by atoms with Gasteiger partial charge >= 0.3 is 0 Å². The number of aliphatic hydroxyl groups excluding tert-OH is 1. The van der Waals surface area contributed by atoms with Crippen LogP contribution in [0.2, 0.25) is 0 Å². The first-order valence-corrected chi connectivity index (χ1v) is 4.16. The van der Waals surface area contributed by atoms with Gasteiger partial charge in [0, 0.05) is 0 Å². The highest BCUT2D eigenvalue weighted by molar-refractivity contribution is 5.78. The highest BCUT2D eigenvalue weighted by atomic mass is 16.3. The fourth-order valence-corrected chi connectivity index (χ4v) is 0.907. The van der Waals surface area contributed by atoms with Gasteiger partial charge in [-0.1, -0.05) is 32.6 Å². The largest absolute Gasteiger partial charge is 0.383 e. The summed E-state index contributed by atoms with van der Waals surface area (Å²) in [5.41, 5.74) is 4.86. The summed E-state index contributed by atoms with van der Waals surface area (Å²) in [6, 6.07) is 0. The summed E-state index contributed by atoms with van der Waals surface area (Å²) < 4.78 is 0. The van der Waals surface area contributed by atoms with Crippen LogP contribution in [0.4, 0.5) is 0 Å². The van der Waals surface area contributed by atoms with Crippen LogP contribution in [0.1, 0.15) is 39.0 Å². The van der Waals surface area contributed by atoms with Crippen molar-refractivity contribution in [2.75, 3.05) is 0 Å². The number of carbonyl (C=O) groups is 1. The second-order valence-corrected chi connectivity index (χ2v) is 2.77. The summed E-state index contributed by atoms with van der Waals surface area (Å²) in [5, 5.41) is 8.95. The molecule has 3 heteroatoms. The minimum Gasteiger partial charge on any atom is -0.383 e. The lowest BCUT2D eigenvalue weighted by Crippen LogP contribution is -2.27. The van der Waals surface area contributed by atoms with Gasteiger partial charge in [-0.25, -0.2) is 0 Å². The van der Waals surface area contributed by atoms with E-state index in [0.29, 0.717) is 6.42 Å². The van der Waals surface area contributed by atoms with Gasteiger partial charge in [-0.05, 0) is 6.42 Å². The highest BCUT2D eigenvalue weighted by Crippen LogP contribution is 2.04. The SMILES string of the molecule is CCCCCCC(O)C(N)=O. The molecule has 1 unspecified atom stereocenters. The van der Waals surface area contributed by atoms with E-state index in [1.165, 1.54) is 0 Å². The predicted molar refractivity (Wildman–Crippen MR) is 44.0 cm³/mol. The molecule has 3 N–H and O–H groups in total. The number of rotatable bonds is 6. The summed E-state index contributed by atoms with van der Waals surface area (Å²) in [4.78, 5) is 10.3. The normalized spacial score (nSPS) is 12.9. The van der Waals surface area contributed by atoms with Crippen LogP contribution in [0.25, 0.3) is 0 Å². The Hall–Kier alpha value is -0.570. The van der Waals surface area contributed by atoms with Gasteiger partial charge in [-0.2, -0.15) is 0 Å². The van der Waals surface area contributed by atoms with Gasteiger partial charge in [-0.15, -0.1) is 0 Å². The van der Waals surface area contributed by atoms with Crippen molar-refractivity contribution in [1.82, 2.24) is 0 Å². The Morgan fingerprint density at radius 2 is 2.09 bits per heavy atom. The fourth-order valence-electron chi connectivity index (χ4n) is 0.907. The second-order valence-electron chi connectivity index (χ2n) is 2.77. The van der Waals surface area contributed by atoms with Gasteiger partial charge < -0.3 is 10.8 Å². The van der Waals surface area contributed by atoms with Gasteiger partial charge in [-0.3, -0.25) is 4.79 Å². The van der Waals surface area contributed by atoms with E-state index in [-0.39, 0.29) is 0 Å². The molecule has 3 nitrogen and oxygen atoms in total. The average Bonchev–Trinajstić information content (AvgIpc) is 1.97. The Kier molecular flexibility index (Phi) is 5.84. The molecule has 0 aromatic carbocycles. The first-order valence-electron chi connectivity index (χ1n) is 4.16. The Bertz CT molecular complexity index is 115. The molecule has 0 aromatic heterocycles. The summed E-state index contributed by atoms with van der Waals surface area (Å²) in [5.74, 6) is -0.610. The van der Waals surface area contributed by atoms with Crippen molar-refractivity contribution in [2.24, 2.45) is 5.73 Å². The molecular formula is C8H17NO2. The van der Waals surface area contributed by atoms with E-state index in [1.807, 2.05) is 0 Å². The van der Waals surface area contributed by atoms with Gasteiger partial charge in [0.2, 0.25) is 5.91 Å². The molecule has 0 spiro atoms. The van der Waals surface area contributed by atoms with E-state index < -0.39 is 12.0 Å². The number of primary amides is 1. The van der Waals surface area contributed by atoms with Gasteiger partial charge in [0.25, 0.3) is 0 Å². The fraction of sp³-hybridized carbons (Fsp3) is 0.875. The third-order valence-electron chi connectivity index (χ3n) is 1.66. The van der Waals surface area contributed by atoms with Crippen LogP contribution in [-0.4, -0.2) is 17.1 Å². The van der Waals surface area contributed by atoms with Crippen molar-refractivity contribution in [1.29, 1.82) is 0 Å². The smallest absolute Gasteiger partial charge is 0.246 e. The molecule has 1 atom stereocenters. The van der Waals surface area contributed by atoms with Crippen molar-refractivity contribution >= 4 is 5.91 Å². The number of aliphatic hydroxyl groups is 1. The van der Waals surface area contributed by atoms with Crippen molar-refractivity contribution < 1.29 is 9.90 Å². The number of carbonyl (C=O) groups excluding carboxylic acids is 1. The van der Waals surface area contributed by atoms with Gasteiger partial charge in [0.15, 0.2) is 0 Å². The third-order valence-corrected chi connectivity index (χ3v) is 1.66. The van der Waals surface area contributed by atoms with E-state index in [2.05, 4.69) is 6.92 Å². The summed E-state index contributed by atoms with van der Waals surface area (Å²) in [7, 11) is 0. The highest BCUT2D eigenvalue weighted by Gasteiger charge is 2.08. The van der Waals surface area contributed by atoms with Gasteiger partial charge in [0.1, 0.15) is 6.10 Å². The maximum Gasteiger partial charge on any atom is 0.246 e. The quantitative estimate of drug-likeness (QED) is 0.563. The zero-order chi connectivity index (χ0) is 8.69. The summed E-state index contributed by atoms with van der Waals surface area (Å²) >= 11 is 0. The van der Waals surface area contributed by atoms with E-state index in [0.717, 1.165) is 25.7 Å². The van der Waals surface area contributed by atoms with Crippen LogP contribution in [0.3, 0.4) is 0 Å². The minimum absolute atomic E-state index is 0.509. The van der Waals surface area contributed by atoms with Gasteiger partial charge in [0.05, 0.1) is 0 Å². The van der Waals surface area contributed by atoms with E-state index in [9.17, 15) is 4.79 Å². The number of amides is 1. The Balaban J connectivity index is 3.17. The summed E-state index contributed by atoms with van der Waals surface area (Å²) in [6.07, 6.45) is 3.85. The molecule has 0 rings (SSSR count). The van der Waals surface area contributed by atoms with Crippen molar-refractivity contribution in [3.05, 3.63) is 0 Å². The standard InChI is InChI=1S/C8H17NO2/c1-2-3-4-5-6-7(10)8(9)11/h7,10H,2-6H2,1H3,(H2,9,11). The van der Waals surface area contributed by atoms with E-state index in [4.69, 9.17) is 10.8 Å². The molecule has 0 aliphatic heterocycles. The molecule has 0 saturated heterocycles. The molecule has 0 radical (unpaired) electrons. The molecule has 1 amide bonds. The monoisotopic (exact) mass is 159 g/mol. The van der Waals surface area contributed by atoms with Crippen molar-refractivity contribution in [2.45, 2.75) is 45.1 Å². The number of hydrogen-bond donors (Lipinski definition) is 2. The molecule has 0 saturated carbocycles. The van der Waals surface area contributed by atoms with Crippen molar-refractivity contribution in [3.8, 4) is 0 Å². The minimum atomic E-state index is -0.938. The predicted octanol–water partition coefficient (Wildman–Crippen LogP) is 0.803. The van der Waals surface area contributed by atoms with Crippen LogP contribution < -0.4 is 5.73 Å². The summed E-state index contributed by atoms with van der Waals surface area (Å²) in [6.45, 7) is 2.12. The molecule has 0 heterocycles. The maximum absolute atomic E-state index is 10.3. The van der Waals surface area contributed by atoms with Crippen molar-refractivity contribution in [3.63, 3.8) is 0 Å². The Labute approximate surface area is 67.6 Å². The Morgan fingerprint density at radius 3 is 2.55 bits per heavy atom. The van der Waals surface area contributed by atoms with Crippen LogP contribution in [0.15, 0.2) is 0 Å². The zero-order valence-corrected chi connectivity index (χ0v) is 7.05. The molecular weight excluding hydrogens is 142 g/mol. The molecule has 0 aliphatic carbocycles. The van der Waals surface area contributed by atoms with Crippen LogP contribution in [-0.2, 0) is 4.79 Å². The zero-order valence-electron chi connectivity index (χ0n) is 7.05. The van der Waals surface area contributed by atoms with E-state index >= 15 is 0 Å². The number of nitrogens with two attached hydrogens (primary N) is 1. The maximum atomic E-state index is 10.3. The Morgan fingerprint density at radius 1 is 1.45 bits per heavy atom. The molecule has 0 aliphatic rings. The lowest BCUT2D eigenvalue weighted by Gasteiger charge is -2.04. The van der Waals surface area contributed by atoms with Crippen LogP contribution in [0.5, 0.6) is 0 Å². The second kappa shape index (κ2) is 6.16. The molecule has 66 valence electrons. The number of unbranched alkanes of at least 4 members (excludes halogenated alkanes) is 3. The first kappa shape index (κ1) is 10.4. The molecule has 0 fully saturated rings. The molecule has 0 aromatic rings. The molecule has 11 heavy (non-hydrogen) atoms. The molecule has 0 bridgehead atoms. The van der Waals surface area contributed by atoms with Crippen LogP contribution >= 0.6 is 0 Å². The lowest BCUT2D eigenvalue weighted by atomic mass is 10.1. The number of hydrogen-bond acceptors (Lipinski definition) is 2. The lowest BCUT2D eigenvalue weighted by molar-refractivity contribution is -0.126. The first-order chi connectivity index (χ1) is 5.18. The van der Waals surface area contributed by atoms with E-state index in [1.54, 1.807) is 0 Å². The third kappa shape index (κ3) is 5.85. The van der Waals surface area contributed by atoms with Crippen LogP contribution in [0, 0.1) is 0 Å². The topological polar surface area (TPSA) is 63.3 Å².